The fraction of sp³-hybridized carbons (Fsp3) is 0.111. The first-order valence-corrected chi connectivity index (χ1v) is 10.4. The molecule has 1 aromatic carbocycles. The largest absolute Gasteiger partial charge is 0.452 e. The topological polar surface area (TPSA) is 124 Å². The highest BCUT2D eigenvalue weighted by Crippen LogP contribution is 2.34. The molecule has 1 N–H and O–H groups in total. The molecule has 0 saturated carbocycles. The minimum Gasteiger partial charge on any atom is -0.452 e. The molecular formula is C18H13ClN4O5S2. The Morgan fingerprint density at radius 3 is 2.77 bits per heavy atom. The summed E-state index contributed by atoms with van der Waals surface area (Å²) in [4.78, 5) is 43.7. The zero-order chi connectivity index (χ0) is 21.7. The number of nitrogens with zero attached hydrogens (tertiary/aromatic N) is 3. The monoisotopic (exact) mass is 464 g/mol. The van der Waals surface area contributed by atoms with Gasteiger partial charge in [-0.1, -0.05) is 23.4 Å². The Hall–Kier alpha value is -3.02. The number of pyridine rings is 1. The van der Waals surface area contributed by atoms with Crippen molar-refractivity contribution in [2.75, 3.05) is 11.9 Å². The lowest BCUT2D eigenvalue weighted by atomic mass is 10.2. The number of carbonyl (C=O) groups excluding carboxylic acids is 2. The van der Waals surface area contributed by atoms with Crippen LogP contribution in [0, 0.1) is 17.0 Å². The van der Waals surface area contributed by atoms with Crippen LogP contribution >= 0.6 is 34.7 Å². The van der Waals surface area contributed by atoms with Gasteiger partial charge in [-0.05, 0) is 25.1 Å². The number of benzene rings is 1. The third-order valence-electron chi connectivity index (χ3n) is 3.52. The lowest BCUT2D eigenvalue weighted by molar-refractivity contribution is -0.384. The quantitative estimate of drug-likeness (QED) is 0.310. The number of hydrogen-bond donors (Lipinski definition) is 1. The standard InChI is InChI=1S/C18H13ClN4O5S2/c1-10-9-29-18(21-10)30-14-4-3-12(23(26)27)6-13(14)17(25)28-8-16(24)22-15-5-2-11(19)7-20-15/h2-7,9H,8H2,1H3,(H,20,22,24). The molecule has 1 amide bonds. The molecule has 0 aliphatic carbocycles. The first-order chi connectivity index (χ1) is 14.3. The number of non-ortho nitro benzene ring substituents is 1. The Kier molecular flexibility index (Phi) is 6.98. The number of aryl methyl sites for hydroxylation is 1. The van der Waals surface area contributed by atoms with E-state index < -0.39 is 23.4 Å². The average Bonchev–Trinajstić information content (AvgIpc) is 3.12. The lowest BCUT2D eigenvalue weighted by Gasteiger charge is -2.09. The van der Waals surface area contributed by atoms with Crippen LogP contribution in [-0.4, -0.2) is 33.4 Å². The summed E-state index contributed by atoms with van der Waals surface area (Å²) in [5, 5.41) is 15.8. The van der Waals surface area contributed by atoms with Crippen LogP contribution in [0.2, 0.25) is 5.02 Å². The van der Waals surface area contributed by atoms with Crippen LogP contribution in [-0.2, 0) is 9.53 Å². The van der Waals surface area contributed by atoms with E-state index in [4.69, 9.17) is 16.3 Å². The van der Waals surface area contributed by atoms with Crippen LogP contribution in [0.1, 0.15) is 16.1 Å². The van der Waals surface area contributed by atoms with Gasteiger partial charge in [0.1, 0.15) is 5.82 Å². The highest BCUT2D eigenvalue weighted by Gasteiger charge is 2.20. The number of nitro groups is 1. The third kappa shape index (κ3) is 5.75. The molecule has 2 aromatic heterocycles. The Balaban J connectivity index is 1.72. The second-order valence-corrected chi connectivity index (χ2v) is 8.36. The maximum atomic E-state index is 12.5. The fourth-order valence-electron chi connectivity index (χ4n) is 2.19. The van der Waals surface area contributed by atoms with E-state index >= 15 is 0 Å². The van der Waals surface area contributed by atoms with E-state index in [-0.39, 0.29) is 17.1 Å². The van der Waals surface area contributed by atoms with Crippen LogP contribution in [0.4, 0.5) is 11.5 Å². The lowest BCUT2D eigenvalue weighted by Crippen LogP contribution is -2.21. The number of aromatic nitrogens is 2. The number of nitrogens with one attached hydrogen (secondary N) is 1. The maximum Gasteiger partial charge on any atom is 0.340 e. The molecular weight excluding hydrogens is 452 g/mol. The van der Waals surface area contributed by atoms with Gasteiger partial charge >= 0.3 is 5.97 Å². The first-order valence-electron chi connectivity index (χ1n) is 8.29. The van der Waals surface area contributed by atoms with E-state index in [1.165, 1.54) is 47.5 Å². The molecule has 0 saturated heterocycles. The number of amides is 1. The number of thiazole rings is 1. The van der Waals surface area contributed by atoms with Gasteiger partial charge in [-0.25, -0.2) is 14.8 Å². The number of anilines is 1. The van der Waals surface area contributed by atoms with E-state index in [2.05, 4.69) is 15.3 Å². The van der Waals surface area contributed by atoms with E-state index in [0.717, 1.165) is 11.8 Å². The van der Waals surface area contributed by atoms with Crippen molar-refractivity contribution in [3.8, 4) is 0 Å². The average molecular weight is 465 g/mol. The summed E-state index contributed by atoms with van der Waals surface area (Å²) in [5.41, 5.74) is 0.525. The molecule has 0 atom stereocenters. The third-order valence-corrected chi connectivity index (χ3v) is 5.87. The number of hydrogen-bond acceptors (Lipinski definition) is 9. The summed E-state index contributed by atoms with van der Waals surface area (Å²) >= 11 is 8.29. The van der Waals surface area contributed by atoms with Crippen molar-refractivity contribution in [2.45, 2.75) is 16.2 Å². The minimum atomic E-state index is -0.867. The van der Waals surface area contributed by atoms with Crippen molar-refractivity contribution >= 4 is 58.1 Å². The van der Waals surface area contributed by atoms with Crippen LogP contribution in [0.15, 0.2) is 51.1 Å². The summed E-state index contributed by atoms with van der Waals surface area (Å²) < 4.78 is 5.71. The summed E-state index contributed by atoms with van der Waals surface area (Å²) in [6.07, 6.45) is 1.36. The van der Waals surface area contributed by atoms with Gasteiger partial charge < -0.3 is 10.1 Å². The van der Waals surface area contributed by atoms with Crippen LogP contribution < -0.4 is 5.32 Å². The molecule has 0 aliphatic heterocycles. The normalized spacial score (nSPS) is 10.5. The predicted octanol–water partition coefficient (Wildman–Crippen LogP) is 4.35. The van der Waals surface area contributed by atoms with Gasteiger partial charge in [0.2, 0.25) is 0 Å². The number of rotatable bonds is 7. The molecule has 30 heavy (non-hydrogen) atoms. The predicted molar refractivity (Wildman–Crippen MR) is 112 cm³/mol. The molecule has 0 radical (unpaired) electrons. The van der Waals surface area contributed by atoms with Gasteiger partial charge in [-0.2, -0.15) is 0 Å². The van der Waals surface area contributed by atoms with Gasteiger partial charge in [0.15, 0.2) is 10.9 Å². The molecule has 0 unspecified atom stereocenters. The van der Waals surface area contributed by atoms with Gasteiger partial charge in [-0.15, -0.1) is 11.3 Å². The van der Waals surface area contributed by atoms with E-state index in [1.807, 2.05) is 12.3 Å². The number of halogens is 1. The minimum absolute atomic E-state index is 0.0283. The van der Waals surface area contributed by atoms with Crippen LogP contribution in [0.5, 0.6) is 0 Å². The number of esters is 1. The van der Waals surface area contributed by atoms with Crippen molar-refractivity contribution < 1.29 is 19.2 Å². The van der Waals surface area contributed by atoms with Crippen LogP contribution in [0.25, 0.3) is 0 Å². The maximum absolute atomic E-state index is 12.5. The fourth-order valence-corrected chi connectivity index (χ4v) is 4.20. The molecule has 0 bridgehead atoms. The number of ether oxygens (including phenoxy) is 1. The molecule has 0 aliphatic rings. The molecule has 12 heteroatoms. The highest BCUT2D eigenvalue weighted by molar-refractivity contribution is 8.01. The van der Waals surface area contributed by atoms with Crippen molar-refractivity contribution in [3.63, 3.8) is 0 Å². The van der Waals surface area contributed by atoms with Crippen molar-refractivity contribution in [1.29, 1.82) is 0 Å². The SMILES string of the molecule is Cc1csc(Sc2ccc([N+](=O)[O-])cc2C(=O)OCC(=O)Nc2ccc(Cl)cn2)n1. The Bertz CT molecular complexity index is 1100. The molecule has 0 fully saturated rings. The van der Waals surface area contributed by atoms with E-state index in [0.29, 0.717) is 14.3 Å². The molecule has 2 heterocycles. The second-order valence-electron chi connectivity index (χ2n) is 5.78. The molecule has 3 aromatic rings. The summed E-state index contributed by atoms with van der Waals surface area (Å²) in [6.45, 7) is 1.24. The van der Waals surface area contributed by atoms with Crippen molar-refractivity contribution in [2.24, 2.45) is 0 Å². The van der Waals surface area contributed by atoms with Gasteiger partial charge in [0.05, 0.1) is 15.5 Å². The molecule has 154 valence electrons. The van der Waals surface area contributed by atoms with Gasteiger partial charge in [0, 0.05) is 34.3 Å². The van der Waals surface area contributed by atoms with Gasteiger partial charge in [0.25, 0.3) is 11.6 Å². The van der Waals surface area contributed by atoms with Crippen molar-refractivity contribution in [1.82, 2.24) is 9.97 Å². The Labute approximate surface area is 183 Å². The summed E-state index contributed by atoms with van der Waals surface area (Å²) in [6, 6.07) is 6.90. The molecule has 3 rings (SSSR count). The first kappa shape index (κ1) is 21.7. The molecule has 9 nitrogen and oxygen atoms in total. The van der Waals surface area contributed by atoms with E-state index in [9.17, 15) is 19.7 Å². The zero-order valence-corrected chi connectivity index (χ0v) is 17.7. The van der Waals surface area contributed by atoms with Crippen molar-refractivity contribution in [3.05, 3.63) is 68.3 Å². The smallest absolute Gasteiger partial charge is 0.340 e. The zero-order valence-electron chi connectivity index (χ0n) is 15.3. The number of nitro benzene ring substituents is 1. The Morgan fingerprint density at radius 2 is 2.13 bits per heavy atom. The second kappa shape index (κ2) is 9.65. The summed E-state index contributed by atoms with van der Waals surface area (Å²) in [5.74, 6) is -1.24. The Morgan fingerprint density at radius 1 is 1.33 bits per heavy atom. The number of carbonyl (C=O) groups is 2. The van der Waals surface area contributed by atoms with E-state index in [1.54, 1.807) is 6.07 Å². The van der Waals surface area contributed by atoms with Crippen LogP contribution in [0.3, 0.4) is 0 Å². The molecule has 0 spiro atoms. The summed E-state index contributed by atoms with van der Waals surface area (Å²) in [7, 11) is 0. The van der Waals surface area contributed by atoms with Gasteiger partial charge in [-0.3, -0.25) is 14.9 Å². The highest BCUT2D eigenvalue weighted by atomic mass is 35.5.